The number of methoxy groups -OCH3 is 1. The number of hydrogen-bond donors (Lipinski definition) is 1. The first kappa shape index (κ1) is 21.7. The largest absolute Gasteiger partial charge is 0.507 e. The van der Waals surface area contributed by atoms with E-state index in [1.54, 1.807) is 42.5 Å². The molecule has 0 saturated carbocycles. The molecule has 1 fully saturated rings. The van der Waals surface area contributed by atoms with E-state index in [-0.39, 0.29) is 11.3 Å². The molecule has 0 aliphatic carbocycles. The van der Waals surface area contributed by atoms with Gasteiger partial charge >= 0.3 is 0 Å². The van der Waals surface area contributed by atoms with Gasteiger partial charge in [-0.15, -0.1) is 0 Å². The van der Waals surface area contributed by atoms with E-state index >= 15 is 0 Å². The number of halogens is 1. The maximum Gasteiger partial charge on any atom is 0.295 e. The molecule has 158 valence electrons. The van der Waals surface area contributed by atoms with Gasteiger partial charge in [-0.05, 0) is 43.2 Å². The number of hydrogen-bond acceptors (Lipinski definition) is 5. The molecular formula is C23H24ClNO5. The number of ether oxygens (including phenoxy) is 2. The summed E-state index contributed by atoms with van der Waals surface area (Å²) in [5, 5.41) is 11.4. The Morgan fingerprint density at radius 2 is 1.90 bits per heavy atom. The second-order valence-electron chi connectivity index (χ2n) is 6.85. The summed E-state index contributed by atoms with van der Waals surface area (Å²) in [6.07, 6.45) is 0.662. The van der Waals surface area contributed by atoms with E-state index in [4.69, 9.17) is 21.1 Å². The fraction of sp³-hybridized carbons (Fsp3) is 0.304. The van der Waals surface area contributed by atoms with E-state index < -0.39 is 17.7 Å². The van der Waals surface area contributed by atoms with Crippen LogP contribution in [-0.4, -0.2) is 42.0 Å². The number of aliphatic hydroxyl groups excluding tert-OH is 1. The third kappa shape index (κ3) is 4.00. The lowest BCUT2D eigenvalue weighted by molar-refractivity contribution is -0.139. The Morgan fingerprint density at radius 1 is 1.13 bits per heavy atom. The molecule has 1 aliphatic rings. The van der Waals surface area contributed by atoms with Crippen molar-refractivity contribution in [2.75, 3.05) is 20.3 Å². The quantitative estimate of drug-likeness (QED) is 0.396. The smallest absolute Gasteiger partial charge is 0.295 e. The van der Waals surface area contributed by atoms with Crippen LogP contribution in [-0.2, 0) is 9.59 Å². The maximum atomic E-state index is 12.9. The Hall–Kier alpha value is -2.99. The number of benzene rings is 2. The molecule has 2 aromatic rings. The monoisotopic (exact) mass is 429 g/mol. The molecule has 1 unspecified atom stereocenters. The summed E-state index contributed by atoms with van der Waals surface area (Å²) in [5.41, 5.74) is 1.05. The summed E-state index contributed by atoms with van der Waals surface area (Å²) >= 11 is 6.05. The lowest BCUT2D eigenvalue weighted by Gasteiger charge is -2.25. The van der Waals surface area contributed by atoms with Crippen molar-refractivity contribution in [2.45, 2.75) is 26.3 Å². The van der Waals surface area contributed by atoms with Crippen LogP contribution in [0.2, 0.25) is 5.02 Å². The van der Waals surface area contributed by atoms with Crippen molar-refractivity contribution in [3.8, 4) is 11.5 Å². The van der Waals surface area contributed by atoms with Gasteiger partial charge in [0.25, 0.3) is 11.7 Å². The predicted octanol–water partition coefficient (Wildman–Crippen LogP) is 4.58. The summed E-state index contributed by atoms with van der Waals surface area (Å²) in [5.74, 6) is -0.574. The Morgan fingerprint density at radius 3 is 2.53 bits per heavy atom. The molecule has 1 N–H and O–H groups in total. The second kappa shape index (κ2) is 9.22. The van der Waals surface area contributed by atoms with E-state index in [1.165, 1.54) is 12.0 Å². The lowest BCUT2D eigenvalue weighted by Crippen LogP contribution is -2.30. The van der Waals surface area contributed by atoms with E-state index in [2.05, 4.69) is 0 Å². The van der Waals surface area contributed by atoms with Crippen LogP contribution in [0.5, 0.6) is 11.5 Å². The highest BCUT2D eigenvalue weighted by Gasteiger charge is 2.45. The summed E-state index contributed by atoms with van der Waals surface area (Å²) in [4.78, 5) is 27.1. The van der Waals surface area contributed by atoms with Crippen LogP contribution >= 0.6 is 11.6 Å². The van der Waals surface area contributed by atoms with Crippen molar-refractivity contribution in [1.29, 1.82) is 0 Å². The SMILES string of the molecule is CCCN1C(=O)C(=O)/C(=C(\O)c2cccc(Cl)c2)C1c1ccc(OCC)c(OC)c1. The first-order valence-electron chi connectivity index (χ1n) is 9.78. The number of carbonyl (C=O) groups is 2. The zero-order valence-corrected chi connectivity index (χ0v) is 17.9. The minimum atomic E-state index is -0.742. The molecule has 1 saturated heterocycles. The van der Waals surface area contributed by atoms with Gasteiger partial charge in [-0.3, -0.25) is 9.59 Å². The number of Topliss-reactive ketones (excluding diaryl/α,β-unsaturated/α-hetero) is 1. The summed E-state index contributed by atoms with van der Waals surface area (Å²) in [6, 6.07) is 11.0. The van der Waals surface area contributed by atoms with E-state index in [0.29, 0.717) is 47.2 Å². The molecule has 3 rings (SSSR count). The zero-order chi connectivity index (χ0) is 21.8. The fourth-order valence-electron chi connectivity index (χ4n) is 3.62. The summed E-state index contributed by atoms with van der Waals surface area (Å²) in [6.45, 7) is 4.64. The molecular weight excluding hydrogens is 406 g/mol. The van der Waals surface area contributed by atoms with Crippen LogP contribution in [0.4, 0.5) is 0 Å². The average Bonchev–Trinajstić information content (AvgIpc) is 2.99. The van der Waals surface area contributed by atoms with Crippen LogP contribution in [0.1, 0.15) is 37.4 Å². The minimum Gasteiger partial charge on any atom is -0.507 e. The Kier molecular flexibility index (Phi) is 6.67. The van der Waals surface area contributed by atoms with Crippen molar-refractivity contribution in [3.05, 3.63) is 64.2 Å². The number of ketones is 1. The van der Waals surface area contributed by atoms with Gasteiger partial charge in [0.15, 0.2) is 11.5 Å². The van der Waals surface area contributed by atoms with Gasteiger partial charge < -0.3 is 19.5 Å². The number of amides is 1. The molecule has 1 aliphatic heterocycles. The maximum absolute atomic E-state index is 12.9. The summed E-state index contributed by atoms with van der Waals surface area (Å²) in [7, 11) is 1.52. The normalized spacial score (nSPS) is 18.0. The molecule has 2 aromatic carbocycles. The van der Waals surface area contributed by atoms with Crippen molar-refractivity contribution in [1.82, 2.24) is 4.90 Å². The standard InChI is InChI=1S/C23H24ClNO5/c1-4-11-25-20(14-9-10-17(30-5-2)18(13-14)29-3)19(22(27)23(25)28)21(26)15-7-6-8-16(24)12-15/h6-10,12-13,20,26H,4-5,11H2,1-3H3/b21-19-. The minimum absolute atomic E-state index is 0.0296. The molecule has 1 heterocycles. The van der Waals surface area contributed by atoms with Crippen LogP contribution in [0, 0.1) is 0 Å². The molecule has 6 nitrogen and oxygen atoms in total. The highest BCUT2D eigenvalue weighted by molar-refractivity contribution is 6.46. The Balaban J connectivity index is 2.19. The van der Waals surface area contributed by atoms with E-state index in [1.807, 2.05) is 13.8 Å². The van der Waals surface area contributed by atoms with Gasteiger partial charge in [0.2, 0.25) is 0 Å². The molecule has 30 heavy (non-hydrogen) atoms. The molecule has 1 atom stereocenters. The topological polar surface area (TPSA) is 76.1 Å². The molecule has 7 heteroatoms. The first-order chi connectivity index (χ1) is 14.4. The average molecular weight is 430 g/mol. The lowest BCUT2D eigenvalue weighted by atomic mass is 9.95. The van der Waals surface area contributed by atoms with Crippen LogP contribution in [0.25, 0.3) is 5.76 Å². The molecule has 0 spiro atoms. The van der Waals surface area contributed by atoms with Crippen molar-refractivity contribution < 1.29 is 24.2 Å². The van der Waals surface area contributed by atoms with Crippen molar-refractivity contribution in [3.63, 3.8) is 0 Å². The second-order valence-corrected chi connectivity index (χ2v) is 7.28. The first-order valence-corrected chi connectivity index (χ1v) is 10.2. The Bertz CT molecular complexity index is 1000. The zero-order valence-electron chi connectivity index (χ0n) is 17.1. The third-order valence-corrected chi connectivity index (χ3v) is 5.14. The van der Waals surface area contributed by atoms with E-state index in [0.717, 1.165) is 0 Å². The van der Waals surface area contributed by atoms with Gasteiger partial charge in [0, 0.05) is 17.1 Å². The number of aliphatic hydroxyl groups is 1. The number of likely N-dealkylation sites (tertiary alicyclic amines) is 1. The van der Waals surface area contributed by atoms with Crippen LogP contribution in [0.3, 0.4) is 0 Å². The molecule has 0 bridgehead atoms. The van der Waals surface area contributed by atoms with Crippen LogP contribution in [0.15, 0.2) is 48.0 Å². The van der Waals surface area contributed by atoms with Gasteiger partial charge in [-0.25, -0.2) is 0 Å². The van der Waals surface area contributed by atoms with Crippen LogP contribution < -0.4 is 9.47 Å². The highest BCUT2D eigenvalue weighted by Crippen LogP contribution is 2.42. The van der Waals surface area contributed by atoms with Gasteiger partial charge in [0.1, 0.15) is 5.76 Å². The predicted molar refractivity (Wildman–Crippen MR) is 115 cm³/mol. The number of rotatable bonds is 7. The number of nitrogens with zero attached hydrogens (tertiary/aromatic N) is 1. The molecule has 1 amide bonds. The number of carbonyl (C=O) groups excluding carboxylic acids is 2. The molecule has 0 aromatic heterocycles. The van der Waals surface area contributed by atoms with Crippen molar-refractivity contribution in [2.24, 2.45) is 0 Å². The van der Waals surface area contributed by atoms with Gasteiger partial charge in [-0.2, -0.15) is 0 Å². The molecule has 0 radical (unpaired) electrons. The highest BCUT2D eigenvalue weighted by atomic mass is 35.5. The van der Waals surface area contributed by atoms with Gasteiger partial charge in [-0.1, -0.05) is 36.7 Å². The third-order valence-electron chi connectivity index (χ3n) is 4.91. The Labute approximate surface area is 180 Å². The van der Waals surface area contributed by atoms with Gasteiger partial charge in [0.05, 0.1) is 25.3 Å². The summed E-state index contributed by atoms with van der Waals surface area (Å²) < 4.78 is 11.0. The van der Waals surface area contributed by atoms with E-state index in [9.17, 15) is 14.7 Å². The van der Waals surface area contributed by atoms with Crippen molar-refractivity contribution >= 4 is 29.1 Å². The fourth-order valence-corrected chi connectivity index (χ4v) is 3.81.